The Morgan fingerprint density at radius 3 is 2.64 bits per heavy atom. The first-order chi connectivity index (χ1) is 6.77. The molecule has 5 heteroatoms. The van der Waals surface area contributed by atoms with E-state index in [1.165, 1.54) is 0 Å². The molecular weight excluding hydrogens is 178 g/mol. The van der Waals surface area contributed by atoms with Gasteiger partial charge >= 0.3 is 0 Å². The van der Waals surface area contributed by atoms with E-state index in [9.17, 15) is 0 Å². The first kappa shape index (κ1) is 9.58. The molecule has 2 rings (SSSR count). The van der Waals surface area contributed by atoms with Gasteiger partial charge in [-0.05, 0) is 37.6 Å². The molecular formula is C9H17N5. The first-order valence-corrected chi connectivity index (χ1v) is 5.22. The second-order valence-corrected chi connectivity index (χ2v) is 3.99. The van der Waals surface area contributed by atoms with E-state index >= 15 is 0 Å². The Morgan fingerprint density at radius 1 is 1.43 bits per heavy atom. The van der Waals surface area contributed by atoms with E-state index in [1.807, 2.05) is 7.05 Å². The maximum atomic E-state index is 4.34. The highest BCUT2D eigenvalue weighted by Crippen LogP contribution is 2.33. The van der Waals surface area contributed by atoms with Gasteiger partial charge in [0, 0.05) is 5.41 Å². The fourth-order valence-corrected chi connectivity index (χ4v) is 2.14. The van der Waals surface area contributed by atoms with Crippen molar-refractivity contribution in [3.05, 3.63) is 5.82 Å². The van der Waals surface area contributed by atoms with Crippen LogP contribution in [-0.2, 0) is 12.5 Å². The number of aryl methyl sites for hydroxylation is 1. The summed E-state index contributed by atoms with van der Waals surface area (Å²) in [5, 5.41) is 15.8. The molecule has 1 aliphatic heterocycles. The standard InChI is InChI=1S/C9H17N5/c1-3-9(4-6-10-7-5-9)8-11-13-14(2)12-8/h10H,3-7H2,1-2H3. The summed E-state index contributed by atoms with van der Waals surface area (Å²) in [6, 6.07) is 0. The number of hydrogen-bond acceptors (Lipinski definition) is 4. The van der Waals surface area contributed by atoms with Gasteiger partial charge < -0.3 is 5.32 Å². The number of tetrazole rings is 1. The van der Waals surface area contributed by atoms with Gasteiger partial charge in [0.05, 0.1) is 7.05 Å². The third kappa shape index (κ3) is 1.52. The molecule has 1 saturated heterocycles. The Morgan fingerprint density at radius 2 is 2.14 bits per heavy atom. The number of nitrogens with one attached hydrogen (secondary N) is 1. The summed E-state index contributed by atoms with van der Waals surface area (Å²) >= 11 is 0. The highest BCUT2D eigenvalue weighted by Gasteiger charge is 2.36. The van der Waals surface area contributed by atoms with E-state index in [-0.39, 0.29) is 5.41 Å². The van der Waals surface area contributed by atoms with Crippen molar-refractivity contribution in [1.82, 2.24) is 25.5 Å². The van der Waals surface area contributed by atoms with E-state index in [0.29, 0.717) is 0 Å². The number of nitrogens with zero attached hydrogens (tertiary/aromatic N) is 4. The monoisotopic (exact) mass is 195 g/mol. The molecule has 1 aliphatic rings. The second-order valence-electron chi connectivity index (χ2n) is 3.99. The van der Waals surface area contributed by atoms with Crippen molar-refractivity contribution in [3.8, 4) is 0 Å². The molecule has 5 nitrogen and oxygen atoms in total. The molecule has 78 valence electrons. The molecule has 1 N–H and O–H groups in total. The first-order valence-electron chi connectivity index (χ1n) is 5.22. The van der Waals surface area contributed by atoms with Crippen LogP contribution >= 0.6 is 0 Å². The van der Waals surface area contributed by atoms with E-state index in [1.54, 1.807) is 4.80 Å². The van der Waals surface area contributed by atoms with Crippen molar-refractivity contribution >= 4 is 0 Å². The van der Waals surface area contributed by atoms with Crippen LogP contribution in [0.3, 0.4) is 0 Å². The van der Waals surface area contributed by atoms with Crippen molar-refractivity contribution in [2.75, 3.05) is 13.1 Å². The lowest BCUT2D eigenvalue weighted by Crippen LogP contribution is -2.40. The number of hydrogen-bond donors (Lipinski definition) is 1. The molecule has 0 radical (unpaired) electrons. The van der Waals surface area contributed by atoms with Gasteiger partial charge in [-0.1, -0.05) is 6.92 Å². The minimum absolute atomic E-state index is 0.166. The smallest absolute Gasteiger partial charge is 0.181 e. The largest absolute Gasteiger partial charge is 0.317 e. The van der Waals surface area contributed by atoms with Gasteiger partial charge in [-0.2, -0.15) is 4.80 Å². The van der Waals surface area contributed by atoms with E-state index in [4.69, 9.17) is 0 Å². The van der Waals surface area contributed by atoms with Gasteiger partial charge in [-0.25, -0.2) is 0 Å². The van der Waals surface area contributed by atoms with Crippen molar-refractivity contribution < 1.29 is 0 Å². The maximum Gasteiger partial charge on any atom is 0.181 e. The summed E-state index contributed by atoms with van der Waals surface area (Å²) in [5.41, 5.74) is 0.166. The zero-order chi connectivity index (χ0) is 10.0. The molecule has 1 fully saturated rings. The summed E-state index contributed by atoms with van der Waals surface area (Å²) < 4.78 is 0. The van der Waals surface area contributed by atoms with Crippen LogP contribution in [0.15, 0.2) is 0 Å². The molecule has 0 saturated carbocycles. The van der Waals surface area contributed by atoms with Crippen molar-refractivity contribution in [3.63, 3.8) is 0 Å². The van der Waals surface area contributed by atoms with Crippen LogP contribution in [0, 0.1) is 0 Å². The Labute approximate surface area is 83.9 Å². The fraction of sp³-hybridized carbons (Fsp3) is 0.889. The normalized spacial score (nSPS) is 21.0. The highest BCUT2D eigenvalue weighted by atomic mass is 15.6. The average molecular weight is 195 g/mol. The predicted octanol–water partition coefficient (Wildman–Crippen LogP) is 0.241. The third-order valence-corrected chi connectivity index (χ3v) is 3.22. The van der Waals surface area contributed by atoms with Crippen LogP contribution in [0.25, 0.3) is 0 Å². The summed E-state index contributed by atoms with van der Waals surface area (Å²) in [5.74, 6) is 0.920. The molecule has 0 unspecified atom stereocenters. The average Bonchev–Trinajstić information content (AvgIpc) is 2.66. The SMILES string of the molecule is CCC1(c2nnn(C)n2)CCNCC1. The quantitative estimate of drug-likeness (QED) is 0.734. The maximum absolute atomic E-state index is 4.34. The molecule has 0 atom stereocenters. The van der Waals surface area contributed by atoms with Gasteiger partial charge in [0.2, 0.25) is 0 Å². The van der Waals surface area contributed by atoms with E-state index in [0.717, 1.165) is 38.2 Å². The van der Waals surface area contributed by atoms with Gasteiger partial charge in [0.25, 0.3) is 0 Å². The second kappa shape index (κ2) is 3.65. The van der Waals surface area contributed by atoms with E-state index < -0.39 is 0 Å². The van der Waals surface area contributed by atoms with Crippen molar-refractivity contribution in [2.45, 2.75) is 31.6 Å². The summed E-state index contributed by atoms with van der Waals surface area (Å²) in [4.78, 5) is 1.55. The number of piperidine rings is 1. The molecule has 0 amide bonds. The lowest BCUT2D eigenvalue weighted by molar-refractivity contribution is 0.281. The van der Waals surface area contributed by atoms with Gasteiger partial charge in [-0.3, -0.25) is 0 Å². The molecule has 0 aromatic carbocycles. The lowest BCUT2D eigenvalue weighted by Gasteiger charge is -2.33. The van der Waals surface area contributed by atoms with Gasteiger partial charge in [0.15, 0.2) is 5.82 Å². The third-order valence-electron chi connectivity index (χ3n) is 3.22. The topological polar surface area (TPSA) is 55.6 Å². The zero-order valence-electron chi connectivity index (χ0n) is 8.82. The molecule has 0 spiro atoms. The Kier molecular flexibility index (Phi) is 2.50. The van der Waals surface area contributed by atoms with Crippen molar-refractivity contribution in [2.24, 2.45) is 7.05 Å². The van der Waals surface area contributed by atoms with Crippen LogP contribution in [0.2, 0.25) is 0 Å². The summed E-state index contributed by atoms with van der Waals surface area (Å²) in [7, 11) is 1.82. The van der Waals surface area contributed by atoms with Crippen LogP contribution in [0.1, 0.15) is 32.0 Å². The molecule has 0 aliphatic carbocycles. The van der Waals surface area contributed by atoms with Crippen LogP contribution in [0.4, 0.5) is 0 Å². The van der Waals surface area contributed by atoms with Crippen LogP contribution in [0.5, 0.6) is 0 Å². The molecule has 1 aromatic heterocycles. The molecule has 1 aromatic rings. The highest BCUT2D eigenvalue weighted by molar-refractivity contribution is 5.06. The zero-order valence-corrected chi connectivity index (χ0v) is 8.82. The fourth-order valence-electron chi connectivity index (χ4n) is 2.14. The van der Waals surface area contributed by atoms with Gasteiger partial charge in [-0.15, -0.1) is 10.2 Å². The predicted molar refractivity (Wildman–Crippen MR) is 52.9 cm³/mol. The molecule has 14 heavy (non-hydrogen) atoms. The Bertz CT molecular complexity index is 300. The van der Waals surface area contributed by atoms with E-state index in [2.05, 4.69) is 27.7 Å². The number of aromatic nitrogens is 4. The summed E-state index contributed by atoms with van der Waals surface area (Å²) in [6.07, 6.45) is 3.34. The van der Waals surface area contributed by atoms with Gasteiger partial charge in [0.1, 0.15) is 0 Å². The van der Waals surface area contributed by atoms with Crippen LogP contribution in [-0.4, -0.2) is 33.3 Å². The lowest BCUT2D eigenvalue weighted by atomic mass is 9.76. The van der Waals surface area contributed by atoms with Crippen LogP contribution < -0.4 is 5.32 Å². The summed E-state index contributed by atoms with van der Waals surface area (Å²) in [6.45, 7) is 4.33. The Hall–Kier alpha value is -0.970. The molecule has 0 bridgehead atoms. The minimum atomic E-state index is 0.166. The number of rotatable bonds is 2. The van der Waals surface area contributed by atoms with Crippen molar-refractivity contribution in [1.29, 1.82) is 0 Å². The Balaban J connectivity index is 2.26. The molecule has 2 heterocycles. The minimum Gasteiger partial charge on any atom is -0.317 e.